The summed E-state index contributed by atoms with van der Waals surface area (Å²) in [6.07, 6.45) is 12.6. The summed E-state index contributed by atoms with van der Waals surface area (Å²) in [5, 5.41) is 0. The van der Waals surface area contributed by atoms with E-state index < -0.39 is 0 Å². The Bertz CT molecular complexity index is 678. The molecule has 170 valence electrons. The molecule has 5 fully saturated rings. The SMILES string of the molecule is CC(=O)OC1CCC2C(CCC3C2CCC2C3CCC3C(C)C(C)(C)C(C)(C)C23)C1. The predicted molar refractivity (Wildman–Crippen MR) is 122 cm³/mol. The van der Waals surface area contributed by atoms with Gasteiger partial charge in [0.1, 0.15) is 6.10 Å². The molecule has 10 atom stereocenters. The molecule has 10 unspecified atom stereocenters. The Hall–Kier alpha value is -0.530. The van der Waals surface area contributed by atoms with Crippen molar-refractivity contribution in [1.29, 1.82) is 0 Å². The van der Waals surface area contributed by atoms with Crippen LogP contribution in [-0.4, -0.2) is 12.1 Å². The molecule has 0 spiro atoms. The molecule has 0 heterocycles. The summed E-state index contributed by atoms with van der Waals surface area (Å²) in [5.41, 5.74) is 0.924. The van der Waals surface area contributed by atoms with E-state index in [0.29, 0.717) is 10.8 Å². The summed E-state index contributed by atoms with van der Waals surface area (Å²) in [7, 11) is 0. The number of esters is 1. The average molecular weight is 415 g/mol. The Kier molecular flexibility index (Phi) is 5.15. The van der Waals surface area contributed by atoms with E-state index in [2.05, 4.69) is 34.6 Å². The van der Waals surface area contributed by atoms with Gasteiger partial charge in [0.15, 0.2) is 0 Å². The number of ether oxygens (including phenoxy) is 1. The topological polar surface area (TPSA) is 26.3 Å². The summed E-state index contributed by atoms with van der Waals surface area (Å²) >= 11 is 0. The lowest BCUT2D eigenvalue weighted by molar-refractivity contribution is -0.152. The Balaban J connectivity index is 1.34. The van der Waals surface area contributed by atoms with Gasteiger partial charge in [-0.1, -0.05) is 34.6 Å². The highest BCUT2D eigenvalue weighted by molar-refractivity contribution is 5.66. The minimum absolute atomic E-state index is 0.0827. The van der Waals surface area contributed by atoms with Crippen LogP contribution in [-0.2, 0) is 9.53 Å². The van der Waals surface area contributed by atoms with Crippen LogP contribution in [0.5, 0.6) is 0 Å². The predicted octanol–water partition coefficient (Wildman–Crippen LogP) is 7.12. The van der Waals surface area contributed by atoms with Crippen LogP contribution in [0.2, 0.25) is 0 Å². The third-order valence-corrected chi connectivity index (χ3v) is 12.3. The molecule has 30 heavy (non-hydrogen) atoms. The van der Waals surface area contributed by atoms with Crippen LogP contribution >= 0.6 is 0 Å². The molecule has 0 aromatic heterocycles. The fourth-order valence-electron chi connectivity index (χ4n) is 10.2. The van der Waals surface area contributed by atoms with Crippen LogP contribution in [0.3, 0.4) is 0 Å². The quantitative estimate of drug-likeness (QED) is 0.427. The maximum atomic E-state index is 11.4. The highest BCUT2D eigenvalue weighted by atomic mass is 16.5. The van der Waals surface area contributed by atoms with Gasteiger partial charge in [0.2, 0.25) is 0 Å². The fourth-order valence-corrected chi connectivity index (χ4v) is 10.2. The van der Waals surface area contributed by atoms with Crippen LogP contribution in [0.4, 0.5) is 0 Å². The number of carbonyl (C=O) groups is 1. The number of fused-ring (bicyclic) bond motifs is 7. The molecular weight excluding hydrogens is 368 g/mol. The highest BCUT2D eigenvalue weighted by Crippen LogP contribution is 2.70. The second-order valence-corrected chi connectivity index (χ2v) is 13.3. The molecule has 0 aliphatic heterocycles. The van der Waals surface area contributed by atoms with Gasteiger partial charge < -0.3 is 4.74 Å². The maximum absolute atomic E-state index is 11.4. The average Bonchev–Trinajstić information content (AvgIpc) is 2.83. The first-order chi connectivity index (χ1) is 14.1. The standard InChI is InChI=1S/C28H46O2/c1-16-20-11-12-24-23-9-7-18-15-19(30-17(2)29)8-10-21(18)22(23)13-14-25(24)26(20)28(5,6)27(16,3)4/h16,18-26H,7-15H2,1-6H3. The lowest BCUT2D eigenvalue weighted by Gasteiger charge is -2.58. The summed E-state index contributed by atoms with van der Waals surface area (Å²) in [4.78, 5) is 11.4. The zero-order valence-corrected chi connectivity index (χ0v) is 20.5. The largest absolute Gasteiger partial charge is 0.463 e. The van der Waals surface area contributed by atoms with E-state index in [0.717, 1.165) is 66.1 Å². The molecule has 0 aromatic carbocycles. The lowest BCUT2D eigenvalue weighted by Crippen LogP contribution is -2.51. The highest BCUT2D eigenvalue weighted by Gasteiger charge is 2.64. The zero-order valence-electron chi connectivity index (χ0n) is 20.5. The van der Waals surface area contributed by atoms with Crippen molar-refractivity contribution in [2.75, 3.05) is 0 Å². The van der Waals surface area contributed by atoms with Gasteiger partial charge in [0, 0.05) is 6.92 Å². The summed E-state index contributed by atoms with van der Waals surface area (Å²) in [5.74, 6) is 8.36. The van der Waals surface area contributed by atoms with Gasteiger partial charge in [0.05, 0.1) is 0 Å². The lowest BCUT2D eigenvalue weighted by atomic mass is 9.47. The molecule has 5 aliphatic rings. The van der Waals surface area contributed by atoms with Gasteiger partial charge in [-0.2, -0.15) is 0 Å². The molecular formula is C28H46O2. The Morgan fingerprint density at radius 2 is 1.23 bits per heavy atom. The minimum atomic E-state index is -0.0827. The van der Waals surface area contributed by atoms with Gasteiger partial charge in [-0.25, -0.2) is 0 Å². The van der Waals surface area contributed by atoms with Crippen LogP contribution < -0.4 is 0 Å². The van der Waals surface area contributed by atoms with E-state index in [1.807, 2.05) is 0 Å². The number of carbonyl (C=O) groups excluding carboxylic acids is 1. The Morgan fingerprint density at radius 3 is 1.93 bits per heavy atom. The van der Waals surface area contributed by atoms with Gasteiger partial charge in [-0.3, -0.25) is 4.79 Å². The van der Waals surface area contributed by atoms with Gasteiger partial charge in [-0.15, -0.1) is 0 Å². The van der Waals surface area contributed by atoms with Crippen molar-refractivity contribution in [3.05, 3.63) is 0 Å². The molecule has 0 aromatic rings. The number of hydrogen-bond acceptors (Lipinski definition) is 2. The molecule has 5 rings (SSSR count). The second kappa shape index (κ2) is 7.24. The Labute approximate surface area is 185 Å². The van der Waals surface area contributed by atoms with Gasteiger partial charge in [-0.05, 0) is 122 Å². The zero-order chi connectivity index (χ0) is 21.4. The van der Waals surface area contributed by atoms with Crippen LogP contribution in [0, 0.1) is 64.1 Å². The molecule has 2 heteroatoms. The summed E-state index contributed by atoms with van der Waals surface area (Å²) < 4.78 is 5.62. The van der Waals surface area contributed by atoms with E-state index in [9.17, 15) is 4.79 Å². The van der Waals surface area contributed by atoms with Crippen LogP contribution in [0.15, 0.2) is 0 Å². The normalized spacial score (nSPS) is 51.1. The number of hydrogen-bond donors (Lipinski definition) is 0. The molecule has 2 nitrogen and oxygen atoms in total. The van der Waals surface area contributed by atoms with E-state index in [4.69, 9.17) is 4.74 Å². The van der Waals surface area contributed by atoms with Crippen molar-refractivity contribution in [1.82, 2.24) is 0 Å². The van der Waals surface area contributed by atoms with Crippen LogP contribution in [0.25, 0.3) is 0 Å². The van der Waals surface area contributed by atoms with E-state index >= 15 is 0 Å². The van der Waals surface area contributed by atoms with E-state index in [1.165, 1.54) is 44.9 Å². The van der Waals surface area contributed by atoms with Crippen molar-refractivity contribution < 1.29 is 9.53 Å². The first kappa shape index (κ1) is 21.3. The smallest absolute Gasteiger partial charge is 0.302 e. The third kappa shape index (κ3) is 2.97. The molecule has 0 bridgehead atoms. The van der Waals surface area contributed by atoms with Crippen molar-refractivity contribution in [2.45, 2.75) is 105 Å². The number of rotatable bonds is 1. The summed E-state index contributed by atoms with van der Waals surface area (Å²) in [6.45, 7) is 14.5. The molecule has 0 amide bonds. The first-order valence-corrected chi connectivity index (χ1v) is 13.3. The van der Waals surface area contributed by atoms with Crippen molar-refractivity contribution in [2.24, 2.45) is 64.1 Å². The van der Waals surface area contributed by atoms with Crippen LogP contribution in [0.1, 0.15) is 99.3 Å². The monoisotopic (exact) mass is 414 g/mol. The molecule has 0 N–H and O–H groups in total. The molecule has 0 saturated heterocycles. The van der Waals surface area contributed by atoms with Crippen molar-refractivity contribution in [3.63, 3.8) is 0 Å². The van der Waals surface area contributed by atoms with Crippen molar-refractivity contribution in [3.8, 4) is 0 Å². The van der Waals surface area contributed by atoms with E-state index in [-0.39, 0.29) is 12.1 Å². The van der Waals surface area contributed by atoms with E-state index in [1.54, 1.807) is 6.92 Å². The Morgan fingerprint density at radius 1 is 0.700 bits per heavy atom. The fraction of sp³-hybridized carbons (Fsp3) is 0.964. The molecule has 5 saturated carbocycles. The maximum Gasteiger partial charge on any atom is 0.302 e. The van der Waals surface area contributed by atoms with Gasteiger partial charge >= 0.3 is 5.97 Å². The molecule has 5 aliphatic carbocycles. The third-order valence-electron chi connectivity index (χ3n) is 12.3. The van der Waals surface area contributed by atoms with Crippen molar-refractivity contribution >= 4 is 5.97 Å². The second-order valence-electron chi connectivity index (χ2n) is 13.3. The summed E-state index contributed by atoms with van der Waals surface area (Å²) in [6, 6.07) is 0. The molecule has 0 radical (unpaired) electrons. The first-order valence-electron chi connectivity index (χ1n) is 13.3. The van der Waals surface area contributed by atoms with Gasteiger partial charge in [0.25, 0.3) is 0 Å². The minimum Gasteiger partial charge on any atom is -0.463 e.